The van der Waals surface area contributed by atoms with Crippen LogP contribution < -0.4 is 5.32 Å². The van der Waals surface area contributed by atoms with E-state index in [-0.39, 0.29) is 17.6 Å². The minimum atomic E-state index is -0.372. The second kappa shape index (κ2) is 10.8. The summed E-state index contributed by atoms with van der Waals surface area (Å²) >= 11 is 4.70. The number of hydrogen-bond donors (Lipinski definition) is 1. The first-order valence-corrected chi connectivity index (χ1v) is 14.9. The van der Waals surface area contributed by atoms with Crippen molar-refractivity contribution in [3.8, 4) is 11.4 Å². The fourth-order valence-corrected chi connectivity index (χ4v) is 8.10. The molecular weight excluding hydrogens is 501 g/mol. The molecule has 3 heterocycles. The molecule has 0 saturated heterocycles. The standard InChI is InChI=1S/C25H30N4O3S3/c1-29-22(17-13-33-18-11-8-7-9-15(17)18)27-28-25(29)34-14-20(30)26-23-21(24(31)32-2)16-10-5-3-4-6-12-19(16)35-23/h13H,3-12,14H2,1-2H3,(H,26,30). The van der Waals surface area contributed by atoms with E-state index < -0.39 is 0 Å². The minimum absolute atomic E-state index is 0.160. The summed E-state index contributed by atoms with van der Waals surface area (Å²) in [6, 6.07) is 0. The van der Waals surface area contributed by atoms with Crippen molar-refractivity contribution >= 4 is 51.3 Å². The van der Waals surface area contributed by atoms with Gasteiger partial charge in [0.1, 0.15) is 5.00 Å². The van der Waals surface area contributed by atoms with Gasteiger partial charge in [-0.05, 0) is 62.5 Å². The molecule has 35 heavy (non-hydrogen) atoms. The number of nitrogens with zero attached hydrogens (tertiary/aromatic N) is 3. The Kier molecular flexibility index (Phi) is 7.59. The number of aryl methyl sites for hydroxylation is 2. The molecule has 0 atom stereocenters. The van der Waals surface area contributed by atoms with E-state index in [9.17, 15) is 9.59 Å². The van der Waals surface area contributed by atoms with Gasteiger partial charge in [-0.3, -0.25) is 4.79 Å². The summed E-state index contributed by atoms with van der Waals surface area (Å²) in [7, 11) is 3.35. The van der Waals surface area contributed by atoms with Crippen LogP contribution in [-0.2, 0) is 42.3 Å². The monoisotopic (exact) mass is 530 g/mol. The molecule has 0 spiro atoms. The Hall–Kier alpha value is -2.17. The predicted octanol–water partition coefficient (Wildman–Crippen LogP) is 5.66. The summed E-state index contributed by atoms with van der Waals surface area (Å²) < 4.78 is 7.05. The zero-order chi connectivity index (χ0) is 24.4. The van der Waals surface area contributed by atoms with Gasteiger partial charge in [0, 0.05) is 27.7 Å². The summed E-state index contributed by atoms with van der Waals surface area (Å²) in [5, 5.41) is 15.3. The average molecular weight is 531 g/mol. The van der Waals surface area contributed by atoms with Gasteiger partial charge in [0.2, 0.25) is 5.91 Å². The largest absolute Gasteiger partial charge is 0.465 e. The molecule has 0 aliphatic heterocycles. The number of carbonyl (C=O) groups is 2. The number of carbonyl (C=O) groups excluding carboxylic acids is 2. The molecule has 7 nitrogen and oxygen atoms in total. The summed E-state index contributed by atoms with van der Waals surface area (Å²) in [4.78, 5) is 28.2. The first-order chi connectivity index (χ1) is 17.1. The molecular formula is C25H30N4O3S3. The van der Waals surface area contributed by atoms with Crippen LogP contribution in [0.15, 0.2) is 10.5 Å². The number of hydrogen-bond acceptors (Lipinski definition) is 8. The van der Waals surface area contributed by atoms with Crippen molar-refractivity contribution in [1.29, 1.82) is 0 Å². The highest BCUT2D eigenvalue weighted by atomic mass is 32.2. The van der Waals surface area contributed by atoms with Gasteiger partial charge in [-0.1, -0.05) is 24.6 Å². The van der Waals surface area contributed by atoms with E-state index in [1.54, 1.807) is 0 Å². The van der Waals surface area contributed by atoms with Crippen molar-refractivity contribution in [2.75, 3.05) is 18.2 Å². The number of thiophene rings is 2. The van der Waals surface area contributed by atoms with Crippen LogP contribution in [0.2, 0.25) is 0 Å². The highest BCUT2D eigenvalue weighted by Gasteiger charge is 2.26. The van der Waals surface area contributed by atoms with Crippen molar-refractivity contribution in [2.45, 2.75) is 69.4 Å². The van der Waals surface area contributed by atoms with E-state index in [1.165, 1.54) is 76.8 Å². The number of anilines is 1. The molecule has 1 N–H and O–H groups in total. The molecule has 186 valence electrons. The lowest BCUT2D eigenvalue weighted by Crippen LogP contribution is -2.16. The fraction of sp³-hybridized carbons (Fsp3) is 0.520. The van der Waals surface area contributed by atoms with Gasteiger partial charge in [-0.2, -0.15) is 0 Å². The topological polar surface area (TPSA) is 86.1 Å². The summed E-state index contributed by atoms with van der Waals surface area (Å²) in [5.41, 5.74) is 4.18. The van der Waals surface area contributed by atoms with Crippen LogP contribution in [0.3, 0.4) is 0 Å². The molecule has 10 heteroatoms. The number of methoxy groups -OCH3 is 1. The lowest BCUT2D eigenvalue weighted by molar-refractivity contribution is -0.113. The van der Waals surface area contributed by atoms with Crippen LogP contribution in [-0.4, -0.2) is 39.5 Å². The van der Waals surface area contributed by atoms with Crippen molar-refractivity contribution in [3.63, 3.8) is 0 Å². The number of nitrogens with one attached hydrogen (secondary N) is 1. The molecule has 3 aromatic heterocycles. The number of amides is 1. The van der Waals surface area contributed by atoms with Crippen molar-refractivity contribution in [3.05, 3.63) is 31.8 Å². The van der Waals surface area contributed by atoms with Crippen LogP contribution in [0.5, 0.6) is 0 Å². The van der Waals surface area contributed by atoms with Crippen LogP contribution in [0.25, 0.3) is 11.4 Å². The highest BCUT2D eigenvalue weighted by molar-refractivity contribution is 7.99. The third kappa shape index (κ3) is 5.06. The number of thioether (sulfide) groups is 1. The molecule has 0 radical (unpaired) electrons. The van der Waals surface area contributed by atoms with Gasteiger partial charge in [-0.25, -0.2) is 4.79 Å². The van der Waals surface area contributed by atoms with Crippen molar-refractivity contribution in [1.82, 2.24) is 14.8 Å². The van der Waals surface area contributed by atoms with Gasteiger partial charge >= 0.3 is 5.97 Å². The van der Waals surface area contributed by atoms with Gasteiger partial charge in [-0.15, -0.1) is 32.9 Å². The molecule has 0 unspecified atom stereocenters. The quantitative estimate of drug-likeness (QED) is 0.327. The Labute approximate surface area is 217 Å². The molecule has 2 aliphatic carbocycles. The Balaban J connectivity index is 1.29. The van der Waals surface area contributed by atoms with Crippen molar-refractivity contribution in [2.24, 2.45) is 7.05 Å². The van der Waals surface area contributed by atoms with Crippen LogP contribution in [0, 0.1) is 0 Å². The number of aromatic nitrogens is 3. The molecule has 0 saturated carbocycles. The minimum Gasteiger partial charge on any atom is -0.465 e. The summed E-state index contributed by atoms with van der Waals surface area (Å²) in [5.74, 6) is 0.518. The molecule has 3 aromatic rings. The predicted molar refractivity (Wildman–Crippen MR) is 142 cm³/mol. The van der Waals surface area contributed by atoms with Gasteiger partial charge < -0.3 is 14.6 Å². The van der Waals surface area contributed by atoms with E-state index in [0.717, 1.165) is 49.9 Å². The fourth-order valence-electron chi connectivity index (χ4n) is 4.97. The zero-order valence-corrected chi connectivity index (χ0v) is 22.6. The molecule has 0 bridgehead atoms. The number of fused-ring (bicyclic) bond motifs is 2. The maximum absolute atomic E-state index is 12.9. The molecule has 1 amide bonds. The lowest BCUT2D eigenvalue weighted by Gasteiger charge is -2.12. The summed E-state index contributed by atoms with van der Waals surface area (Å²) in [6.45, 7) is 0. The van der Waals surface area contributed by atoms with Crippen LogP contribution >= 0.6 is 34.4 Å². The number of esters is 1. The zero-order valence-electron chi connectivity index (χ0n) is 20.1. The molecule has 0 aromatic carbocycles. The van der Waals surface area contributed by atoms with Gasteiger partial charge in [0.25, 0.3) is 0 Å². The van der Waals surface area contributed by atoms with Gasteiger partial charge in [0.15, 0.2) is 11.0 Å². The van der Waals surface area contributed by atoms with Crippen LogP contribution in [0.1, 0.15) is 69.8 Å². The van der Waals surface area contributed by atoms with Crippen molar-refractivity contribution < 1.29 is 14.3 Å². The van der Waals surface area contributed by atoms with Crippen LogP contribution in [0.4, 0.5) is 5.00 Å². The van der Waals surface area contributed by atoms with Gasteiger partial charge in [0.05, 0.1) is 18.4 Å². The van der Waals surface area contributed by atoms with E-state index in [0.29, 0.717) is 15.7 Å². The Morgan fingerprint density at radius 2 is 1.74 bits per heavy atom. The first-order valence-electron chi connectivity index (χ1n) is 12.2. The highest BCUT2D eigenvalue weighted by Crippen LogP contribution is 2.38. The Morgan fingerprint density at radius 1 is 1.03 bits per heavy atom. The maximum Gasteiger partial charge on any atom is 0.341 e. The second-order valence-electron chi connectivity index (χ2n) is 9.07. The third-order valence-corrected chi connectivity index (χ3v) is 10.1. The summed E-state index contributed by atoms with van der Waals surface area (Å²) in [6.07, 6.45) is 11.1. The van der Waals surface area contributed by atoms with E-state index in [1.807, 2.05) is 23.0 Å². The lowest BCUT2D eigenvalue weighted by atomic mass is 9.96. The Bertz CT molecular complexity index is 1240. The van der Waals surface area contributed by atoms with E-state index in [2.05, 4.69) is 20.9 Å². The number of rotatable bonds is 6. The van der Waals surface area contributed by atoms with E-state index >= 15 is 0 Å². The number of ether oxygens (including phenoxy) is 1. The molecule has 0 fully saturated rings. The third-order valence-electron chi connectivity index (χ3n) is 6.78. The average Bonchev–Trinajstić information content (AvgIpc) is 3.52. The molecule has 5 rings (SSSR count). The normalized spacial score (nSPS) is 15.6. The van der Waals surface area contributed by atoms with E-state index in [4.69, 9.17) is 4.74 Å². The maximum atomic E-state index is 12.9. The molecule has 2 aliphatic rings. The smallest absolute Gasteiger partial charge is 0.341 e. The second-order valence-corrected chi connectivity index (χ2v) is 12.1. The Morgan fingerprint density at radius 3 is 2.57 bits per heavy atom. The SMILES string of the molecule is COC(=O)c1c(NC(=O)CSc2nnc(-c3csc4c3CCCC4)n2C)sc2c1CCCCCC2. The first kappa shape index (κ1) is 24.5.